The maximum absolute atomic E-state index is 12.4. The lowest BCUT2D eigenvalue weighted by molar-refractivity contribution is -0.384. The zero-order valence-corrected chi connectivity index (χ0v) is 14.7. The van der Waals surface area contributed by atoms with E-state index in [1.54, 1.807) is 36.7 Å². The number of aromatic nitrogens is 1. The van der Waals surface area contributed by atoms with Crippen molar-refractivity contribution >= 4 is 28.9 Å². The van der Waals surface area contributed by atoms with Crippen LogP contribution in [0, 0.1) is 10.1 Å². The zero-order chi connectivity index (χ0) is 19.2. The Morgan fingerprint density at radius 1 is 1.19 bits per heavy atom. The molecule has 1 amide bonds. The second kappa shape index (κ2) is 8.29. The van der Waals surface area contributed by atoms with Gasteiger partial charge < -0.3 is 10.1 Å². The number of nitro groups is 1. The summed E-state index contributed by atoms with van der Waals surface area (Å²) in [6.45, 7) is 0.347. The van der Waals surface area contributed by atoms with Crippen LogP contribution in [-0.2, 0) is 6.61 Å². The van der Waals surface area contributed by atoms with Gasteiger partial charge in [0, 0.05) is 41.8 Å². The Hall–Kier alpha value is -3.45. The number of ether oxygens (including phenoxy) is 1. The van der Waals surface area contributed by atoms with Crippen LogP contribution in [0.3, 0.4) is 0 Å². The molecule has 0 aliphatic rings. The van der Waals surface area contributed by atoms with Crippen LogP contribution in [0.5, 0.6) is 5.75 Å². The number of nitrogens with one attached hydrogen (secondary N) is 1. The Balaban J connectivity index is 1.68. The molecule has 0 unspecified atom stereocenters. The minimum absolute atomic E-state index is 0.00526. The predicted molar refractivity (Wildman–Crippen MR) is 101 cm³/mol. The third-order valence-electron chi connectivity index (χ3n) is 3.63. The van der Waals surface area contributed by atoms with E-state index in [-0.39, 0.29) is 16.3 Å². The van der Waals surface area contributed by atoms with Gasteiger partial charge in [0.05, 0.1) is 15.5 Å². The van der Waals surface area contributed by atoms with Gasteiger partial charge in [0.25, 0.3) is 11.6 Å². The molecule has 0 aliphatic carbocycles. The molecule has 0 atom stereocenters. The molecular weight excluding hydrogens is 370 g/mol. The van der Waals surface area contributed by atoms with E-state index in [1.165, 1.54) is 12.1 Å². The van der Waals surface area contributed by atoms with Gasteiger partial charge in [-0.1, -0.05) is 23.7 Å². The number of rotatable bonds is 6. The van der Waals surface area contributed by atoms with Gasteiger partial charge in [0.1, 0.15) is 12.4 Å². The van der Waals surface area contributed by atoms with E-state index >= 15 is 0 Å². The molecule has 1 aromatic heterocycles. The molecule has 0 bridgehead atoms. The Kier molecular flexibility index (Phi) is 5.63. The molecule has 27 heavy (non-hydrogen) atoms. The summed E-state index contributed by atoms with van der Waals surface area (Å²) < 4.78 is 5.69. The van der Waals surface area contributed by atoms with E-state index < -0.39 is 10.8 Å². The van der Waals surface area contributed by atoms with Gasteiger partial charge in [0.15, 0.2) is 0 Å². The fourth-order valence-corrected chi connectivity index (χ4v) is 2.57. The van der Waals surface area contributed by atoms with Crippen molar-refractivity contribution in [2.75, 3.05) is 5.32 Å². The highest BCUT2D eigenvalue weighted by Crippen LogP contribution is 2.24. The average molecular weight is 384 g/mol. The van der Waals surface area contributed by atoms with Crippen molar-refractivity contribution in [3.05, 3.63) is 93.3 Å². The number of hydrogen-bond acceptors (Lipinski definition) is 5. The monoisotopic (exact) mass is 383 g/mol. The number of non-ortho nitro benzene ring substituents is 1. The molecule has 1 heterocycles. The summed E-state index contributed by atoms with van der Waals surface area (Å²) >= 11 is 5.99. The van der Waals surface area contributed by atoms with E-state index in [4.69, 9.17) is 16.3 Å². The lowest BCUT2D eigenvalue weighted by Gasteiger charge is -2.10. The van der Waals surface area contributed by atoms with Crippen LogP contribution >= 0.6 is 11.6 Å². The summed E-state index contributed by atoms with van der Waals surface area (Å²) in [7, 11) is 0. The summed E-state index contributed by atoms with van der Waals surface area (Å²) in [6.07, 6.45) is 3.39. The Labute approximate surface area is 159 Å². The van der Waals surface area contributed by atoms with E-state index in [9.17, 15) is 14.9 Å². The number of pyridine rings is 1. The lowest BCUT2D eigenvalue weighted by atomic mass is 10.2. The van der Waals surface area contributed by atoms with Gasteiger partial charge in [0.2, 0.25) is 0 Å². The van der Waals surface area contributed by atoms with Gasteiger partial charge in [-0.15, -0.1) is 0 Å². The fraction of sp³-hybridized carbons (Fsp3) is 0.0526. The molecule has 0 aliphatic heterocycles. The number of nitrogens with zero attached hydrogens (tertiary/aromatic N) is 2. The van der Waals surface area contributed by atoms with E-state index in [0.29, 0.717) is 18.0 Å². The topological polar surface area (TPSA) is 94.4 Å². The van der Waals surface area contributed by atoms with Crippen LogP contribution in [0.15, 0.2) is 67.0 Å². The first-order valence-corrected chi connectivity index (χ1v) is 8.28. The van der Waals surface area contributed by atoms with E-state index in [0.717, 1.165) is 11.6 Å². The molecule has 0 saturated heterocycles. The normalized spacial score (nSPS) is 10.3. The zero-order valence-electron chi connectivity index (χ0n) is 14.0. The molecule has 0 saturated carbocycles. The highest BCUT2D eigenvalue weighted by atomic mass is 35.5. The van der Waals surface area contributed by atoms with Crippen LogP contribution in [-0.4, -0.2) is 15.8 Å². The molecular formula is C19H14ClN3O4. The van der Waals surface area contributed by atoms with Crippen LogP contribution in [0.1, 0.15) is 15.9 Å². The largest absolute Gasteiger partial charge is 0.489 e. The molecule has 2 aromatic carbocycles. The third-order valence-corrected chi connectivity index (χ3v) is 3.94. The number of anilines is 1. The van der Waals surface area contributed by atoms with Crippen molar-refractivity contribution in [3.8, 4) is 5.75 Å². The van der Waals surface area contributed by atoms with Gasteiger partial charge in [-0.2, -0.15) is 0 Å². The minimum atomic E-state index is -0.573. The fourth-order valence-electron chi connectivity index (χ4n) is 2.31. The van der Waals surface area contributed by atoms with E-state index in [1.807, 2.05) is 12.1 Å². The highest BCUT2D eigenvalue weighted by molar-refractivity contribution is 6.34. The standard InChI is InChI=1S/C19H14ClN3O4/c20-18-10-15(23(25)26)6-7-17(18)19(24)22-14-4-1-5-16(9-14)27-12-13-3-2-8-21-11-13/h1-11H,12H2,(H,22,24). The summed E-state index contributed by atoms with van der Waals surface area (Å²) in [5.41, 5.74) is 1.40. The first-order valence-electron chi connectivity index (χ1n) is 7.90. The van der Waals surface area contributed by atoms with Crippen molar-refractivity contribution < 1.29 is 14.5 Å². The van der Waals surface area contributed by atoms with Crippen LogP contribution in [0.4, 0.5) is 11.4 Å². The Morgan fingerprint density at radius 2 is 2.04 bits per heavy atom. The Bertz CT molecular complexity index is 980. The second-order valence-corrected chi connectivity index (χ2v) is 5.96. The number of carbonyl (C=O) groups is 1. The molecule has 7 nitrogen and oxygen atoms in total. The number of amides is 1. The molecule has 3 rings (SSSR count). The number of halogens is 1. The number of carbonyl (C=O) groups excluding carboxylic acids is 1. The summed E-state index contributed by atoms with van der Waals surface area (Å²) in [4.78, 5) is 26.6. The molecule has 0 spiro atoms. The predicted octanol–water partition coefficient (Wildman–Crippen LogP) is 4.47. The Morgan fingerprint density at radius 3 is 2.74 bits per heavy atom. The van der Waals surface area contributed by atoms with Gasteiger partial charge >= 0.3 is 0 Å². The number of benzene rings is 2. The van der Waals surface area contributed by atoms with E-state index in [2.05, 4.69) is 10.3 Å². The van der Waals surface area contributed by atoms with Crippen molar-refractivity contribution in [1.82, 2.24) is 4.98 Å². The first kappa shape index (κ1) is 18.3. The molecule has 1 N–H and O–H groups in total. The molecule has 3 aromatic rings. The van der Waals surface area contributed by atoms with Gasteiger partial charge in [-0.3, -0.25) is 19.9 Å². The minimum Gasteiger partial charge on any atom is -0.489 e. The SMILES string of the molecule is O=C(Nc1cccc(OCc2cccnc2)c1)c1ccc([N+](=O)[O-])cc1Cl. The molecule has 136 valence electrons. The maximum Gasteiger partial charge on any atom is 0.270 e. The average Bonchev–Trinajstić information content (AvgIpc) is 2.67. The highest BCUT2D eigenvalue weighted by Gasteiger charge is 2.15. The number of hydrogen-bond donors (Lipinski definition) is 1. The number of nitro benzene ring substituents is 1. The third kappa shape index (κ3) is 4.80. The van der Waals surface area contributed by atoms with Gasteiger partial charge in [-0.05, 0) is 24.3 Å². The van der Waals surface area contributed by atoms with Crippen molar-refractivity contribution in [2.24, 2.45) is 0 Å². The maximum atomic E-state index is 12.4. The van der Waals surface area contributed by atoms with Crippen LogP contribution in [0.2, 0.25) is 5.02 Å². The molecule has 0 fully saturated rings. The van der Waals surface area contributed by atoms with Crippen LogP contribution < -0.4 is 10.1 Å². The van der Waals surface area contributed by atoms with Gasteiger partial charge in [-0.25, -0.2) is 0 Å². The second-order valence-electron chi connectivity index (χ2n) is 5.55. The quantitative estimate of drug-likeness (QED) is 0.500. The summed E-state index contributed by atoms with van der Waals surface area (Å²) in [5.74, 6) is 0.103. The molecule has 0 radical (unpaired) electrons. The summed E-state index contributed by atoms with van der Waals surface area (Å²) in [6, 6.07) is 14.3. The van der Waals surface area contributed by atoms with Crippen molar-refractivity contribution in [3.63, 3.8) is 0 Å². The first-order chi connectivity index (χ1) is 13.0. The summed E-state index contributed by atoms with van der Waals surface area (Å²) in [5, 5.41) is 13.5. The smallest absolute Gasteiger partial charge is 0.270 e. The van der Waals surface area contributed by atoms with Crippen molar-refractivity contribution in [1.29, 1.82) is 0 Å². The van der Waals surface area contributed by atoms with Crippen molar-refractivity contribution in [2.45, 2.75) is 6.61 Å². The van der Waals surface area contributed by atoms with Crippen LogP contribution in [0.25, 0.3) is 0 Å². The molecule has 8 heteroatoms. The lowest BCUT2D eigenvalue weighted by Crippen LogP contribution is -2.12.